The molecule has 320 valence electrons. The van der Waals surface area contributed by atoms with Gasteiger partial charge in [-0.05, 0) is 83.5 Å². The number of piperazine rings is 1. The van der Waals surface area contributed by atoms with Gasteiger partial charge in [0.05, 0.1) is 48.8 Å². The highest BCUT2D eigenvalue weighted by Crippen LogP contribution is 2.36. The van der Waals surface area contributed by atoms with Crippen LogP contribution in [0.25, 0.3) is 10.9 Å². The lowest BCUT2D eigenvalue weighted by atomic mass is 10.00. The monoisotopic (exact) mass is 825 g/mol. The molecule has 1 atom stereocenters. The number of nitrogens with one attached hydrogen (secondary N) is 2. The standard InChI is InChI=1S/C44H55N7O9/c1-44(2,3)60-43(57)45-22-12-11-15-34(41(55)59-7)47-42(56)51-35-27-30(40(54)58-6)16-21-33(35)37(39(51)53)38(29-13-9-8-10-14-29)46-31-17-19-32(20-18-31)49(5)36(52)28-50-25-23-48(4)24-26-50/h8-10,13-14,16-21,27,34,53H,11-12,15,22-26,28H2,1-7H3,(H,45,57)(H,47,56). The first-order valence-corrected chi connectivity index (χ1v) is 19.8. The summed E-state index contributed by atoms with van der Waals surface area (Å²) in [6.07, 6.45) is 0.464. The molecule has 3 aromatic carbocycles. The zero-order valence-corrected chi connectivity index (χ0v) is 35.3. The van der Waals surface area contributed by atoms with Crippen LogP contribution in [0.15, 0.2) is 77.8 Å². The summed E-state index contributed by atoms with van der Waals surface area (Å²) in [5.41, 5.74) is 1.90. The molecule has 16 nitrogen and oxygen atoms in total. The summed E-state index contributed by atoms with van der Waals surface area (Å²) in [7, 11) is 6.24. The molecule has 2 heterocycles. The maximum atomic E-state index is 14.2. The van der Waals surface area contributed by atoms with Crippen molar-refractivity contribution >= 4 is 58.0 Å². The number of likely N-dealkylation sites (N-methyl/N-ethyl adjacent to an activating group) is 2. The smallest absolute Gasteiger partial charge is 0.407 e. The normalized spacial score (nSPS) is 14.3. The Kier molecular flexibility index (Phi) is 15.0. The topological polar surface area (TPSA) is 184 Å². The highest BCUT2D eigenvalue weighted by atomic mass is 16.6. The lowest BCUT2D eigenvalue weighted by Crippen LogP contribution is -2.48. The van der Waals surface area contributed by atoms with Crippen molar-refractivity contribution in [2.75, 3.05) is 72.5 Å². The summed E-state index contributed by atoms with van der Waals surface area (Å²) in [4.78, 5) is 76.1. The molecule has 3 amide bonds. The number of carbonyl (C=O) groups excluding carboxylic acids is 5. The number of rotatable bonds is 14. The molecular formula is C44H55N7O9. The number of hydrogen-bond acceptors (Lipinski definition) is 12. The third-order valence-electron chi connectivity index (χ3n) is 10.0. The zero-order chi connectivity index (χ0) is 43.6. The van der Waals surface area contributed by atoms with Gasteiger partial charge >= 0.3 is 24.1 Å². The third kappa shape index (κ3) is 11.5. The van der Waals surface area contributed by atoms with E-state index in [4.69, 9.17) is 19.2 Å². The number of ether oxygens (including phenoxy) is 3. The third-order valence-corrected chi connectivity index (χ3v) is 10.0. The number of esters is 2. The minimum absolute atomic E-state index is 0.0345. The summed E-state index contributed by atoms with van der Waals surface area (Å²) in [6, 6.07) is 18.8. The van der Waals surface area contributed by atoms with Gasteiger partial charge in [-0.15, -0.1) is 0 Å². The van der Waals surface area contributed by atoms with Gasteiger partial charge in [0.15, 0.2) is 0 Å². The number of unbranched alkanes of at least 4 members (excludes halogenated alkanes) is 1. The van der Waals surface area contributed by atoms with Gasteiger partial charge in [0.2, 0.25) is 11.8 Å². The van der Waals surface area contributed by atoms with Crippen LogP contribution in [0.5, 0.6) is 5.88 Å². The predicted molar refractivity (Wildman–Crippen MR) is 228 cm³/mol. The number of anilines is 1. The molecule has 4 aromatic rings. The number of nitrogens with zero attached hydrogens (tertiary/aromatic N) is 5. The van der Waals surface area contributed by atoms with E-state index in [2.05, 4.69) is 27.5 Å². The Hall–Kier alpha value is -6.26. The van der Waals surface area contributed by atoms with Crippen LogP contribution in [0.3, 0.4) is 0 Å². The van der Waals surface area contributed by atoms with Crippen molar-refractivity contribution in [3.63, 3.8) is 0 Å². The van der Waals surface area contributed by atoms with E-state index in [1.165, 1.54) is 26.4 Å². The fourth-order valence-corrected chi connectivity index (χ4v) is 6.73. The number of aromatic nitrogens is 1. The largest absolute Gasteiger partial charge is 0.494 e. The molecule has 1 aromatic heterocycles. The van der Waals surface area contributed by atoms with E-state index in [1.54, 1.807) is 63.1 Å². The van der Waals surface area contributed by atoms with E-state index in [0.717, 1.165) is 30.7 Å². The lowest BCUT2D eigenvalue weighted by molar-refractivity contribution is -0.143. The number of methoxy groups -OCH3 is 2. The number of aromatic hydroxyl groups is 1. The second-order valence-corrected chi connectivity index (χ2v) is 15.6. The van der Waals surface area contributed by atoms with Crippen LogP contribution in [-0.4, -0.2) is 134 Å². The van der Waals surface area contributed by atoms with E-state index in [-0.39, 0.29) is 35.5 Å². The zero-order valence-electron chi connectivity index (χ0n) is 35.3. The molecule has 0 bridgehead atoms. The van der Waals surface area contributed by atoms with E-state index in [9.17, 15) is 29.1 Å². The van der Waals surface area contributed by atoms with Crippen molar-refractivity contribution in [3.8, 4) is 5.88 Å². The summed E-state index contributed by atoms with van der Waals surface area (Å²) in [5, 5.41) is 17.8. The van der Waals surface area contributed by atoms with E-state index in [0.29, 0.717) is 47.4 Å². The number of fused-ring (bicyclic) bond motifs is 1. The van der Waals surface area contributed by atoms with Crippen molar-refractivity contribution in [1.29, 1.82) is 0 Å². The molecule has 1 unspecified atom stereocenters. The van der Waals surface area contributed by atoms with Gasteiger partial charge in [-0.1, -0.05) is 36.4 Å². The van der Waals surface area contributed by atoms with Gasteiger partial charge in [-0.2, -0.15) is 0 Å². The Balaban J connectivity index is 1.47. The van der Waals surface area contributed by atoms with Gasteiger partial charge in [0.25, 0.3) is 0 Å². The van der Waals surface area contributed by atoms with Crippen LogP contribution < -0.4 is 15.5 Å². The lowest BCUT2D eigenvalue weighted by Gasteiger charge is -2.32. The fraction of sp³-hybridized carbons (Fsp3) is 0.409. The predicted octanol–water partition coefficient (Wildman–Crippen LogP) is 5.31. The number of aliphatic imine (C=N–C) groups is 1. The van der Waals surface area contributed by atoms with Crippen LogP contribution >= 0.6 is 0 Å². The number of benzene rings is 3. The highest BCUT2D eigenvalue weighted by Gasteiger charge is 2.30. The molecule has 5 rings (SSSR count). The average Bonchev–Trinajstić information content (AvgIpc) is 3.52. The van der Waals surface area contributed by atoms with Gasteiger partial charge in [0, 0.05) is 56.4 Å². The maximum Gasteiger partial charge on any atom is 0.407 e. The molecule has 0 spiro atoms. The van der Waals surface area contributed by atoms with Crippen LogP contribution in [0.4, 0.5) is 21.0 Å². The first-order valence-electron chi connectivity index (χ1n) is 19.8. The van der Waals surface area contributed by atoms with E-state index in [1.807, 2.05) is 30.3 Å². The summed E-state index contributed by atoms with van der Waals surface area (Å²) >= 11 is 0. The molecule has 0 radical (unpaired) electrons. The highest BCUT2D eigenvalue weighted by molar-refractivity contribution is 6.23. The summed E-state index contributed by atoms with van der Waals surface area (Å²) in [6.45, 7) is 9.32. The van der Waals surface area contributed by atoms with E-state index < -0.39 is 41.6 Å². The van der Waals surface area contributed by atoms with Gasteiger partial charge in [0.1, 0.15) is 11.6 Å². The number of carbonyl (C=O) groups is 5. The molecular weight excluding hydrogens is 771 g/mol. The molecule has 0 saturated carbocycles. The molecule has 16 heteroatoms. The van der Waals surface area contributed by atoms with Crippen molar-refractivity contribution in [1.82, 2.24) is 25.0 Å². The van der Waals surface area contributed by atoms with Crippen molar-refractivity contribution in [2.24, 2.45) is 4.99 Å². The van der Waals surface area contributed by atoms with Crippen LogP contribution in [-0.2, 0) is 23.8 Å². The van der Waals surface area contributed by atoms with Gasteiger partial charge in [-0.25, -0.2) is 28.7 Å². The number of amides is 3. The van der Waals surface area contributed by atoms with E-state index >= 15 is 0 Å². The van der Waals surface area contributed by atoms with Crippen LogP contribution in [0.1, 0.15) is 61.5 Å². The second kappa shape index (κ2) is 20.1. The average molecular weight is 826 g/mol. The van der Waals surface area contributed by atoms with Crippen molar-refractivity contribution < 1.29 is 43.3 Å². The quantitative estimate of drug-likeness (QED) is 0.0649. The minimum Gasteiger partial charge on any atom is -0.494 e. The minimum atomic E-state index is -1.12. The maximum absolute atomic E-state index is 14.2. The number of alkyl carbamates (subject to hydrolysis) is 1. The summed E-state index contributed by atoms with van der Waals surface area (Å²) in [5.74, 6) is -1.91. The Morgan fingerprint density at radius 3 is 2.20 bits per heavy atom. The van der Waals surface area contributed by atoms with Gasteiger partial charge < -0.3 is 39.8 Å². The first kappa shape index (κ1) is 44.8. The molecule has 0 aliphatic carbocycles. The van der Waals surface area contributed by atoms with Crippen LogP contribution in [0, 0.1) is 0 Å². The van der Waals surface area contributed by atoms with Crippen LogP contribution in [0.2, 0.25) is 0 Å². The molecule has 1 aliphatic heterocycles. The Bertz CT molecular complexity index is 2190. The molecule has 1 aliphatic rings. The first-order chi connectivity index (χ1) is 28.6. The van der Waals surface area contributed by atoms with Crippen molar-refractivity contribution in [2.45, 2.75) is 51.7 Å². The second-order valence-electron chi connectivity index (χ2n) is 15.6. The molecule has 3 N–H and O–H groups in total. The number of hydrogen-bond donors (Lipinski definition) is 3. The molecule has 60 heavy (non-hydrogen) atoms. The Morgan fingerprint density at radius 2 is 1.57 bits per heavy atom. The SMILES string of the molecule is COC(=O)c1ccc2c(C(=Nc3ccc(N(C)C(=O)CN4CCN(C)CC4)cc3)c3ccccc3)c(O)n(C(=O)NC(CCCCNC(=O)OC(C)(C)C)C(=O)OC)c2c1. The van der Waals surface area contributed by atoms with Crippen molar-refractivity contribution in [3.05, 3.63) is 89.5 Å². The Morgan fingerprint density at radius 1 is 0.883 bits per heavy atom. The van der Waals surface area contributed by atoms with Gasteiger partial charge in [-0.3, -0.25) is 9.69 Å². The fourth-order valence-electron chi connectivity index (χ4n) is 6.73. The molecule has 1 fully saturated rings. The molecule has 1 saturated heterocycles. The Labute approximate surface area is 350 Å². The summed E-state index contributed by atoms with van der Waals surface area (Å²) < 4.78 is 16.2.